The van der Waals surface area contributed by atoms with Crippen LogP contribution in [0.15, 0.2) is 48.7 Å². The average Bonchev–Trinajstić information content (AvgIpc) is 3.53. The summed E-state index contributed by atoms with van der Waals surface area (Å²) in [7, 11) is 5.21. The number of anilines is 2. The van der Waals surface area contributed by atoms with Crippen molar-refractivity contribution in [1.82, 2.24) is 14.8 Å². The van der Waals surface area contributed by atoms with Crippen molar-refractivity contribution in [3.05, 3.63) is 71.2 Å². The SMILES string of the molecule is COc1cc(C(F)(F)F)c(C(=O)Nc2cc(-c3cc(CN(C)[C@H]4CCOC4)ccc3F)ccc2N2CCN(C)CC2)cn1. The maximum absolute atomic E-state index is 15.2. The van der Waals surface area contributed by atoms with Gasteiger partial charge in [-0.25, -0.2) is 9.37 Å². The second-order valence-corrected chi connectivity index (χ2v) is 11.0. The van der Waals surface area contributed by atoms with Crippen molar-refractivity contribution < 1.29 is 31.8 Å². The van der Waals surface area contributed by atoms with Crippen LogP contribution in [0.3, 0.4) is 0 Å². The molecule has 0 unspecified atom stereocenters. The molecule has 3 heterocycles. The molecule has 2 aromatic carbocycles. The van der Waals surface area contributed by atoms with Crippen molar-refractivity contribution in [2.45, 2.75) is 25.2 Å². The lowest BCUT2D eigenvalue weighted by molar-refractivity contribution is -0.138. The number of alkyl halides is 3. The van der Waals surface area contributed by atoms with Gasteiger partial charge in [-0.2, -0.15) is 13.2 Å². The van der Waals surface area contributed by atoms with Crippen molar-refractivity contribution in [2.75, 3.05) is 70.8 Å². The Bertz CT molecular complexity index is 1450. The van der Waals surface area contributed by atoms with Gasteiger partial charge in [0.1, 0.15) is 5.82 Å². The molecule has 3 aromatic rings. The molecular weight excluding hydrogens is 566 g/mol. The van der Waals surface area contributed by atoms with Crippen LogP contribution >= 0.6 is 0 Å². The highest BCUT2D eigenvalue weighted by atomic mass is 19.4. The number of pyridine rings is 1. The minimum Gasteiger partial charge on any atom is -0.481 e. The van der Waals surface area contributed by atoms with E-state index in [0.717, 1.165) is 37.9 Å². The third kappa shape index (κ3) is 7.09. The standard InChI is InChI=1S/C31H35F4N5O3/c1-38-9-11-40(12-10-38)28-7-5-21(23-14-20(4-6-26(23)32)18-39(2)22-8-13-43-19-22)15-27(28)37-30(41)24-17-36-29(42-3)16-25(24)31(33,34)35/h4-7,14-17,22H,8-13,18-19H2,1-3H3,(H,37,41)/t22-/m0/s1. The van der Waals surface area contributed by atoms with Gasteiger partial charge < -0.3 is 24.6 Å². The number of benzene rings is 2. The van der Waals surface area contributed by atoms with Crippen LogP contribution in [0.1, 0.15) is 27.9 Å². The van der Waals surface area contributed by atoms with Crippen LogP contribution in [-0.4, -0.2) is 87.3 Å². The van der Waals surface area contributed by atoms with Gasteiger partial charge in [-0.1, -0.05) is 12.1 Å². The summed E-state index contributed by atoms with van der Waals surface area (Å²) in [6, 6.07) is 11.1. The summed E-state index contributed by atoms with van der Waals surface area (Å²) in [4.78, 5) is 23.6. The largest absolute Gasteiger partial charge is 0.481 e. The molecule has 2 fully saturated rings. The smallest absolute Gasteiger partial charge is 0.417 e. The van der Waals surface area contributed by atoms with Crippen molar-refractivity contribution in [3.63, 3.8) is 0 Å². The molecule has 0 bridgehead atoms. The van der Waals surface area contributed by atoms with E-state index in [1.165, 1.54) is 13.2 Å². The van der Waals surface area contributed by atoms with Crippen molar-refractivity contribution in [2.24, 2.45) is 0 Å². The number of hydrogen-bond acceptors (Lipinski definition) is 7. The molecule has 0 spiro atoms. The summed E-state index contributed by atoms with van der Waals surface area (Å²) in [6.07, 6.45) is -3.03. The molecule has 0 saturated carbocycles. The van der Waals surface area contributed by atoms with Gasteiger partial charge >= 0.3 is 6.18 Å². The summed E-state index contributed by atoms with van der Waals surface area (Å²) in [5, 5.41) is 2.68. The maximum atomic E-state index is 15.2. The number of ether oxygens (including phenoxy) is 2. The van der Waals surface area contributed by atoms with Gasteiger partial charge in [0.05, 0.1) is 36.2 Å². The molecule has 5 rings (SSSR count). The van der Waals surface area contributed by atoms with Crippen molar-refractivity contribution >= 4 is 17.3 Å². The quantitative estimate of drug-likeness (QED) is 0.359. The van der Waals surface area contributed by atoms with E-state index in [4.69, 9.17) is 9.47 Å². The van der Waals surface area contributed by atoms with Crippen molar-refractivity contribution in [1.29, 1.82) is 0 Å². The monoisotopic (exact) mass is 601 g/mol. The van der Waals surface area contributed by atoms with Gasteiger partial charge in [-0.15, -0.1) is 0 Å². The number of methoxy groups -OCH3 is 1. The lowest BCUT2D eigenvalue weighted by Crippen LogP contribution is -2.44. The fraction of sp³-hybridized carbons (Fsp3) is 0.419. The molecule has 230 valence electrons. The Kier molecular flexibility index (Phi) is 9.19. The van der Waals surface area contributed by atoms with E-state index < -0.39 is 29.0 Å². The first kappa shape index (κ1) is 30.7. The average molecular weight is 602 g/mol. The van der Waals surface area contributed by atoms with Crippen LogP contribution in [0.5, 0.6) is 5.88 Å². The van der Waals surface area contributed by atoms with E-state index in [0.29, 0.717) is 49.1 Å². The molecule has 2 aliphatic rings. The zero-order valence-corrected chi connectivity index (χ0v) is 24.4. The Balaban J connectivity index is 1.50. The molecule has 2 saturated heterocycles. The molecule has 0 radical (unpaired) electrons. The summed E-state index contributed by atoms with van der Waals surface area (Å²) < 4.78 is 67.3. The first-order chi connectivity index (χ1) is 20.5. The molecule has 0 aliphatic carbocycles. The van der Waals surface area contributed by atoms with Crippen LogP contribution in [0.4, 0.5) is 28.9 Å². The van der Waals surface area contributed by atoms with E-state index in [2.05, 4.69) is 25.0 Å². The zero-order valence-electron chi connectivity index (χ0n) is 24.4. The Morgan fingerprint density at radius 2 is 1.91 bits per heavy atom. The molecule has 2 aliphatic heterocycles. The zero-order chi connectivity index (χ0) is 30.7. The van der Waals surface area contributed by atoms with Gasteiger partial charge in [0.2, 0.25) is 5.88 Å². The summed E-state index contributed by atoms with van der Waals surface area (Å²) >= 11 is 0. The topological polar surface area (TPSA) is 70.2 Å². The fourth-order valence-electron chi connectivity index (χ4n) is 5.46. The molecule has 1 N–H and O–H groups in total. The number of hydrogen-bond donors (Lipinski definition) is 1. The van der Waals surface area contributed by atoms with Crippen LogP contribution in [-0.2, 0) is 17.5 Å². The predicted octanol–water partition coefficient (Wildman–Crippen LogP) is 5.14. The number of carbonyl (C=O) groups excluding carboxylic acids is 1. The third-order valence-electron chi connectivity index (χ3n) is 8.03. The van der Waals surface area contributed by atoms with E-state index in [9.17, 15) is 18.0 Å². The minimum absolute atomic E-state index is 0.259. The Labute approximate surface area is 248 Å². The van der Waals surface area contributed by atoms with Gasteiger partial charge in [0, 0.05) is 63.2 Å². The van der Waals surface area contributed by atoms with Crippen LogP contribution in [0.25, 0.3) is 11.1 Å². The third-order valence-corrected chi connectivity index (χ3v) is 8.03. The first-order valence-electron chi connectivity index (χ1n) is 14.1. The second-order valence-electron chi connectivity index (χ2n) is 11.0. The number of likely N-dealkylation sites (N-methyl/N-ethyl adjacent to an activating group) is 2. The summed E-state index contributed by atoms with van der Waals surface area (Å²) in [5.41, 5.74) is 0.830. The molecule has 8 nitrogen and oxygen atoms in total. The highest BCUT2D eigenvalue weighted by Gasteiger charge is 2.36. The number of rotatable bonds is 8. The number of nitrogens with one attached hydrogen (secondary N) is 1. The molecule has 1 aromatic heterocycles. The molecular formula is C31H35F4N5O3. The fourth-order valence-corrected chi connectivity index (χ4v) is 5.46. The normalized spacial score (nSPS) is 17.9. The van der Waals surface area contributed by atoms with Gasteiger partial charge in [0.25, 0.3) is 5.91 Å². The van der Waals surface area contributed by atoms with Crippen LogP contribution in [0, 0.1) is 5.82 Å². The number of aromatic nitrogens is 1. The van der Waals surface area contributed by atoms with E-state index in [1.807, 2.05) is 14.1 Å². The Morgan fingerprint density at radius 3 is 2.58 bits per heavy atom. The van der Waals surface area contributed by atoms with E-state index in [-0.39, 0.29) is 17.6 Å². The Hall–Kier alpha value is -3.74. The summed E-state index contributed by atoms with van der Waals surface area (Å²) in [5.74, 6) is -1.69. The maximum Gasteiger partial charge on any atom is 0.417 e. The van der Waals surface area contributed by atoms with Crippen LogP contribution < -0.4 is 15.0 Å². The lowest BCUT2D eigenvalue weighted by atomic mass is 10.00. The number of piperazine rings is 1. The van der Waals surface area contributed by atoms with Gasteiger partial charge in [-0.05, 0) is 55.9 Å². The van der Waals surface area contributed by atoms with E-state index in [1.54, 1.807) is 30.3 Å². The minimum atomic E-state index is -4.81. The van der Waals surface area contributed by atoms with E-state index >= 15 is 4.39 Å². The molecule has 12 heteroatoms. The summed E-state index contributed by atoms with van der Waals surface area (Å²) in [6.45, 7) is 4.80. The van der Waals surface area contributed by atoms with Gasteiger partial charge in [-0.3, -0.25) is 9.69 Å². The first-order valence-corrected chi connectivity index (χ1v) is 14.1. The van der Waals surface area contributed by atoms with Crippen LogP contribution in [0.2, 0.25) is 0 Å². The number of nitrogens with zero attached hydrogens (tertiary/aromatic N) is 4. The Morgan fingerprint density at radius 1 is 1.14 bits per heavy atom. The number of amides is 1. The molecule has 1 amide bonds. The molecule has 1 atom stereocenters. The van der Waals surface area contributed by atoms with Gasteiger partial charge in [0.15, 0.2) is 0 Å². The number of halogens is 4. The lowest BCUT2D eigenvalue weighted by Gasteiger charge is -2.35. The molecule has 43 heavy (non-hydrogen) atoms. The predicted molar refractivity (Wildman–Crippen MR) is 156 cm³/mol. The van der Waals surface area contributed by atoms with Crippen molar-refractivity contribution in [3.8, 4) is 17.0 Å². The highest BCUT2D eigenvalue weighted by molar-refractivity contribution is 6.07. The highest BCUT2D eigenvalue weighted by Crippen LogP contribution is 2.37. The number of carbonyl (C=O) groups is 1. The second kappa shape index (κ2) is 12.9.